The zero-order valence-electron chi connectivity index (χ0n) is 12.6. The minimum Gasteiger partial charge on any atom is -0.872 e. The third-order valence-corrected chi connectivity index (χ3v) is 5.40. The van der Waals surface area contributed by atoms with Crippen molar-refractivity contribution in [1.29, 1.82) is 0 Å². The molecule has 3 N–H and O–H groups in total. The predicted molar refractivity (Wildman–Crippen MR) is 110 cm³/mol. The molecule has 0 amide bonds. The third kappa shape index (κ3) is 6.13. The van der Waals surface area contributed by atoms with Crippen molar-refractivity contribution >= 4 is 73.7 Å². The molecule has 9 heteroatoms. The van der Waals surface area contributed by atoms with Crippen LogP contribution < -0.4 is 45.1 Å². The molecule has 2 aromatic carbocycles. The van der Waals surface area contributed by atoms with Crippen molar-refractivity contribution in [3.05, 3.63) is 46.6 Å². The molecule has 122 valence electrons. The molecule has 0 bridgehead atoms. The van der Waals surface area contributed by atoms with Gasteiger partial charge in [-0.15, -0.1) is 5.75 Å². The van der Waals surface area contributed by atoms with Gasteiger partial charge in [0.15, 0.2) is 5.75 Å². The monoisotopic (exact) mass is 673 g/mol. The minimum absolute atomic E-state index is 0. The molecule has 24 heavy (non-hydrogen) atoms. The molecule has 5 nitrogen and oxygen atoms in total. The van der Waals surface area contributed by atoms with Crippen LogP contribution in [0.2, 0.25) is 0 Å². The summed E-state index contributed by atoms with van der Waals surface area (Å²) in [5, 5.41) is 20.3. The largest absolute Gasteiger partial charge is 1.00 e. The molecule has 0 aliphatic rings. The summed E-state index contributed by atoms with van der Waals surface area (Å²) in [5.74, 6) is 0.201. The Hall–Kier alpha value is 0.660. The van der Waals surface area contributed by atoms with Gasteiger partial charge in [0.1, 0.15) is 11.8 Å². The van der Waals surface area contributed by atoms with Gasteiger partial charge in [0.25, 0.3) is 0 Å². The Bertz CT molecular complexity index is 734. The van der Waals surface area contributed by atoms with E-state index in [1.54, 1.807) is 12.1 Å². The van der Waals surface area contributed by atoms with Gasteiger partial charge >= 0.3 is 35.5 Å². The molecule has 0 spiro atoms. The summed E-state index contributed by atoms with van der Waals surface area (Å²) in [6, 6.07) is 7.53. The van der Waals surface area contributed by atoms with Crippen molar-refractivity contribution in [3.63, 3.8) is 0 Å². The summed E-state index contributed by atoms with van der Waals surface area (Å²) in [7, 11) is 0. The van der Waals surface area contributed by atoms with Crippen molar-refractivity contribution in [3.8, 4) is 17.2 Å². The first kappa shape index (κ1) is 22.7. The number of hydrogen-bond acceptors (Lipinski definition) is 4. The van der Waals surface area contributed by atoms with Crippen LogP contribution in [-0.4, -0.2) is 17.1 Å². The van der Waals surface area contributed by atoms with E-state index in [0.717, 1.165) is 16.3 Å². The molecule has 2 aromatic rings. The number of rotatable bonds is 5. The minimum atomic E-state index is -1.03. The fourth-order valence-corrected chi connectivity index (χ4v) is 4.46. The van der Waals surface area contributed by atoms with E-state index in [0.29, 0.717) is 11.5 Å². The van der Waals surface area contributed by atoms with Crippen molar-refractivity contribution in [2.24, 2.45) is 5.73 Å². The number of aliphatic carboxylic acids is 1. The maximum absolute atomic E-state index is 11.5. The van der Waals surface area contributed by atoms with Gasteiger partial charge < -0.3 is 20.7 Å². The normalized spacial score (nSPS) is 11.5. The number of halogens is 3. The maximum Gasteiger partial charge on any atom is 1.00 e. The molecular formula is C15H11I3NNaO4. The van der Waals surface area contributed by atoms with Crippen LogP contribution in [0.4, 0.5) is 0 Å². The van der Waals surface area contributed by atoms with Crippen LogP contribution in [-0.2, 0) is 11.2 Å². The van der Waals surface area contributed by atoms with Gasteiger partial charge in [-0.05, 0) is 91.9 Å². The Balaban J connectivity index is 0.00000288. The summed E-state index contributed by atoms with van der Waals surface area (Å²) in [4.78, 5) is 10.8. The van der Waals surface area contributed by atoms with Crippen LogP contribution in [0.5, 0.6) is 17.2 Å². The van der Waals surface area contributed by atoms with E-state index in [4.69, 9.17) is 15.6 Å². The number of ether oxygens (including phenoxy) is 1. The predicted octanol–water partition coefficient (Wildman–Crippen LogP) is 0.325. The first-order chi connectivity index (χ1) is 10.8. The second-order valence-corrected chi connectivity index (χ2v) is 8.22. The molecule has 0 unspecified atom stereocenters. The molecular weight excluding hydrogens is 662 g/mol. The number of benzene rings is 2. The van der Waals surface area contributed by atoms with E-state index in [-0.39, 0.29) is 41.7 Å². The van der Waals surface area contributed by atoms with Crippen molar-refractivity contribution in [2.45, 2.75) is 12.5 Å². The quantitative estimate of drug-likeness (QED) is 0.353. The van der Waals surface area contributed by atoms with Crippen molar-refractivity contribution < 1.29 is 49.3 Å². The number of carboxylic acids is 1. The topological polar surface area (TPSA) is 95.6 Å². The Morgan fingerprint density at radius 1 is 1.17 bits per heavy atom. The standard InChI is InChI=1S/C15H12I3NO4.Na/c16-9-3-7(4-12(19)15(21)22)1-2-13(9)23-14-10(17)5-8(20)6-11(14)18;/h1-3,5-6,12,20H,4,19H2,(H,21,22);/q;+1/p-1/t12-;/m0./s1. The maximum atomic E-state index is 11.5. The van der Waals surface area contributed by atoms with Crippen molar-refractivity contribution in [2.75, 3.05) is 0 Å². The summed E-state index contributed by atoms with van der Waals surface area (Å²) < 4.78 is 8.25. The molecule has 0 aromatic heterocycles. The van der Waals surface area contributed by atoms with Crippen LogP contribution in [0.15, 0.2) is 30.3 Å². The van der Waals surface area contributed by atoms with Crippen LogP contribution >= 0.6 is 67.8 Å². The Morgan fingerprint density at radius 3 is 2.25 bits per heavy atom. The number of carbonyl (C=O) groups is 1. The van der Waals surface area contributed by atoms with Gasteiger partial charge in [0, 0.05) is 0 Å². The van der Waals surface area contributed by atoms with Crippen LogP contribution in [0.1, 0.15) is 5.56 Å². The third-order valence-electron chi connectivity index (χ3n) is 2.95. The average Bonchev–Trinajstić information content (AvgIpc) is 2.44. The summed E-state index contributed by atoms with van der Waals surface area (Å²) >= 11 is 6.26. The van der Waals surface area contributed by atoms with E-state index in [1.807, 2.05) is 6.07 Å². The fourth-order valence-electron chi connectivity index (χ4n) is 1.84. The van der Waals surface area contributed by atoms with Crippen molar-refractivity contribution in [1.82, 2.24) is 0 Å². The number of nitrogens with two attached hydrogens (primary N) is 1. The fraction of sp³-hybridized carbons (Fsp3) is 0.133. The van der Waals surface area contributed by atoms with E-state index in [9.17, 15) is 9.90 Å². The van der Waals surface area contributed by atoms with Gasteiger partial charge in [-0.3, -0.25) is 4.79 Å². The Labute approximate surface area is 202 Å². The number of carboxylic acid groups (broad SMARTS) is 1. The van der Waals surface area contributed by atoms with Gasteiger partial charge in [0.05, 0.1) is 10.7 Å². The smallest absolute Gasteiger partial charge is 0.872 e. The molecule has 0 heterocycles. The zero-order chi connectivity index (χ0) is 17.1. The molecule has 0 aliphatic carbocycles. The zero-order valence-corrected chi connectivity index (χ0v) is 21.0. The van der Waals surface area contributed by atoms with Gasteiger partial charge in [-0.1, -0.05) is 18.2 Å². The summed E-state index contributed by atoms with van der Waals surface area (Å²) in [6.45, 7) is 0. The molecule has 1 atom stereocenters. The van der Waals surface area contributed by atoms with E-state index < -0.39 is 12.0 Å². The van der Waals surface area contributed by atoms with Gasteiger partial charge in [-0.2, -0.15) is 0 Å². The first-order valence-corrected chi connectivity index (χ1v) is 9.62. The average molecular weight is 673 g/mol. The van der Waals surface area contributed by atoms with Gasteiger partial charge in [-0.25, -0.2) is 0 Å². The summed E-state index contributed by atoms with van der Waals surface area (Å²) in [6.07, 6.45) is 0.256. The van der Waals surface area contributed by atoms with Crippen LogP contribution in [0, 0.1) is 10.7 Å². The Kier molecular flexibility index (Phi) is 9.57. The molecule has 0 saturated heterocycles. The van der Waals surface area contributed by atoms with Gasteiger partial charge in [0.2, 0.25) is 0 Å². The van der Waals surface area contributed by atoms with Crippen LogP contribution in [0.3, 0.4) is 0 Å². The van der Waals surface area contributed by atoms with E-state index in [2.05, 4.69) is 67.8 Å². The molecule has 2 rings (SSSR count). The van der Waals surface area contributed by atoms with Crippen LogP contribution in [0.25, 0.3) is 0 Å². The second-order valence-electron chi connectivity index (χ2n) is 4.73. The Morgan fingerprint density at radius 2 is 1.75 bits per heavy atom. The number of hydrogen-bond donors (Lipinski definition) is 2. The second kappa shape index (κ2) is 10.1. The van der Waals surface area contributed by atoms with E-state index in [1.165, 1.54) is 12.1 Å². The molecule has 0 saturated carbocycles. The van der Waals surface area contributed by atoms with E-state index >= 15 is 0 Å². The molecule has 0 aliphatic heterocycles. The summed E-state index contributed by atoms with van der Waals surface area (Å²) in [5.41, 5.74) is 6.38. The first-order valence-electron chi connectivity index (χ1n) is 6.38. The molecule has 0 radical (unpaired) electrons. The SMILES string of the molecule is N[C@@H](Cc1ccc(Oc2c(I)cc([O-])cc2I)c(I)c1)C(=O)O.[Na+]. The molecule has 0 fully saturated rings.